The van der Waals surface area contributed by atoms with Crippen molar-refractivity contribution < 1.29 is 13.2 Å². The van der Waals surface area contributed by atoms with Crippen molar-refractivity contribution in [1.82, 2.24) is 14.4 Å². The number of benzene rings is 1. The molecule has 3 aromatic rings. The monoisotopic (exact) mass is 397 g/mol. The van der Waals surface area contributed by atoms with Crippen LogP contribution >= 0.6 is 23.1 Å². The number of fused-ring (bicyclic) bond motifs is 1. The number of hydrogen-bond acceptors (Lipinski definition) is 8. The highest BCUT2D eigenvalue weighted by Gasteiger charge is 2.27. The molecule has 3 N–H and O–H groups in total. The number of nitrogens with zero attached hydrogens (tertiary/aromatic N) is 3. The van der Waals surface area contributed by atoms with Gasteiger partial charge in [0, 0.05) is 6.07 Å². The first-order valence-electron chi connectivity index (χ1n) is 7.14. The Kier molecular flexibility index (Phi) is 4.71. The molecule has 0 amide bonds. The number of nitrogen functional groups attached to an aromatic ring is 1. The van der Waals surface area contributed by atoms with E-state index in [4.69, 9.17) is 15.9 Å². The molecule has 0 radical (unpaired) electrons. The molecule has 3 rings (SSSR count). The Bertz CT molecular complexity index is 1060. The molecular weight excluding hydrogens is 382 g/mol. The van der Waals surface area contributed by atoms with Gasteiger partial charge in [0.15, 0.2) is 0 Å². The summed E-state index contributed by atoms with van der Waals surface area (Å²) in [6.45, 7) is 2.36. The Labute approximate surface area is 152 Å². The molecule has 0 unspecified atom stereocenters. The van der Waals surface area contributed by atoms with Crippen molar-refractivity contribution in [2.24, 2.45) is 5.73 Å². The van der Waals surface area contributed by atoms with E-state index in [0.29, 0.717) is 36.7 Å². The molecule has 132 valence electrons. The summed E-state index contributed by atoms with van der Waals surface area (Å²) in [7, 11) is -3.99. The molecule has 0 spiro atoms. The summed E-state index contributed by atoms with van der Waals surface area (Å²) >= 11 is 2.42. The van der Waals surface area contributed by atoms with Crippen molar-refractivity contribution in [3.63, 3.8) is 0 Å². The molecule has 2 heterocycles. The summed E-state index contributed by atoms with van der Waals surface area (Å²) < 4.78 is 32.5. The van der Waals surface area contributed by atoms with E-state index in [0.717, 1.165) is 11.3 Å². The maximum Gasteiger partial charge on any atom is 0.301 e. The smallest absolute Gasteiger partial charge is 0.301 e. The van der Waals surface area contributed by atoms with Crippen molar-refractivity contribution in [3.8, 4) is 5.75 Å². The second-order valence-electron chi connectivity index (χ2n) is 4.89. The van der Waals surface area contributed by atoms with Crippen molar-refractivity contribution in [2.45, 2.75) is 16.0 Å². The lowest BCUT2D eigenvalue weighted by Crippen LogP contribution is -2.16. The first kappa shape index (κ1) is 17.7. The quantitative estimate of drug-likeness (QED) is 0.371. The van der Waals surface area contributed by atoms with Gasteiger partial charge in [-0.05, 0) is 31.4 Å². The SMILES string of the molecule is CCOc1ccc2nn(S(=O)(=O)c3cc(C(=N)N)sc3SC)nc2c1. The van der Waals surface area contributed by atoms with E-state index in [1.165, 1.54) is 17.8 Å². The number of hydrogen-bond donors (Lipinski definition) is 2. The highest BCUT2D eigenvalue weighted by Crippen LogP contribution is 2.34. The van der Waals surface area contributed by atoms with Crippen LogP contribution in [0.2, 0.25) is 0 Å². The van der Waals surface area contributed by atoms with Crippen LogP contribution in [-0.2, 0) is 10.0 Å². The first-order chi connectivity index (χ1) is 11.9. The number of thiophene rings is 1. The Balaban J connectivity index is 2.11. The highest BCUT2D eigenvalue weighted by molar-refractivity contribution is 8.01. The zero-order valence-corrected chi connectivity index (χ0v) is 15.8. The molecule has 0 fully saturated rings. The minimum Gasteiger partial charge on any atom is -0.494 e. The molecule has 0 aliphatic heterocycles. The van der Waals surface area contributed by atoms with E-state index >= 15 is 0 Å². The number of nitrogens with one attached hydrogen (secondary N) is 1. The van der Waals surface area contributed by atoms with Gasteiger partial charge in [-0.3, -0.25) is 5.41 Å². The van der Waals surface area contributed by atoms with Gasteiger partial charge in [-0.2, -0.15) is 8.42 Å². The van der Waals surface area contributed by atoms with E-state index in [2.05, 4.69) is 10.2 Å². The third kappa shape index (κ3) is 3.22. The molecule has 11 heteroatoms. The third-order valence-corrected chi connectivity index (χ3v) is 7.29. The second-order valence-corrected chi connectivity index (χ2v) is 8.74. The van der Waals surface area contributed by atoms with Crippen molar-refractivity contribution >= 4 is 50.0 Å². The van der Waals surface area contributed by atoms with Crippen molar-refractivity contribution in [3.05, 3.63) is 29.1 Å². The van der Waals surface area contributed by atoms with Gasteiger partial charge in [0.1, 0.15) is 27.5 Å². The third-order valence-electron chi connectivity index (χ3n) is 3.25. The molecule has 0 saturated heterocycles. The minimum atomic E-state index is -3.99. The molecule has 25 heavy (non-hydrogen) atoms. The van der Waals surface area contributed by atoms with Gasteiger partial charge in [0.2, 0.25) is 0 Å². The molecule has 0 saturated carbocycles. The van der Waals surface area contributed by atoms with Gasteiger partial charge in [0.05, 0.1) is 15.7 Å². The summed E-state index contributed by atoms with van der Waals surface area (Å²) in [6, 6.07) is 6.39. The number of aromatic nitrogens is 3. The van der Waals surface area contributed by atoms with Crippen LogP contribution in [0.4, 0.5) is 0 Å². The summed E-state index contributed by atoms with van der Waals surface area (Å²) in [4.78, 5) is 0.429. The van der Waals surface area contributed by atoms with Gasteiger partial charge >= 0.3 is 10.0 Å². The largest absolute Gasteiger partial charge is 0.494 e. The topological polar surface area (TPSA) is 124 Å². The Morgan fingerprint density at radius 1 is 1.36 bits per heavy atom. The molecule has 0 bridgehead atoms. The predicted molar refractivity (Wildman–Crippen MR) is 98.4 cm³/mol. The molecule has 1 aromatic carbocycles. The number of thioether (sulfide) groups is 1. The van der Waals surface area contributed by atoms with Gasteiger partial charge in [-0.15, -0.1) is 33.3 Å². The average molecular weight is 398 g/mol. The average Bonchev–Trinajstić information content (AvgIpc) is 3.19. The lowest BCUT2D eigenvalue weighted by atomic mass is 10.3. The van der Waals surface area contributed by atoms with Gasteiger partial charge in [0.25, 0.3) is 0 Å². The van der Waals surface area contributed by atoms with Crippen LogP contribution in [0.25, 0.3) is 11.0 Å². The molecular formula is C14H15N5O3S3. The lowest BCUT2D eigenvalue weighted by molar-refractivity contribution is 0.340. The van der Waals surface area contributed by atoms with E-state index in [1.54, 1.807) is 24.5 Å². The molecule has 0 atom stereocenters. The maximum absolute atomic E-state index is 12.9. The van der Waals surface area contributed by atoms with Gasteiger partial charge < -0.3 is 10.5 Å². The van der Waals surface area contributed by atoms with Crippen LogP contribution in [0.5, 0.6) is 5.75 Å². The van der Waals surface area contributed by atoms with Gasteiger partial charge in [-0.25, -0.2) is 0 Å². The standard InChI is InChI=1S/C14H15N5O3S3/c1-3-22-8-4-5-9-10(6-8)18-19(17-9)25(20,21)12-7-11(13(15)16)24-14(12)23-2/h4-7H,3H2,1-2H3,(H3,15,16). The Hall–Kier alpha value is -2.11. The molecule has 0 aliphatic rings. The summed E-state index contributed by atoms with van der Waals surface area (Å²) in [6.07, 6.45) is 1.76. The van der Waals surface area contributed by atoms with Crippen LogP contribution in [0.15, 0.2) is 33.4 Å². The molecule has 2 aromatic heterocycles. The molecule has 0 aliphatic carbocycles. The van der Waals surface area contributed by atoms with Crippen LogP contribution in [0.3, 0.4) is 0 Å². The normalized spacial score (nSPS) is 11.8. The number of ether oxygens (including phenoxy) is 1. The van der Waals surface area contributed by atoms with Crippen molar-refractivity contribution in [1.29, 1.82) is 5.41 Å². The predicted octanol–water partition coefficient (Wildman–Crippen LogP) is 2.13. The van der Waals surface area contributed by atoms with Crippen LogP contribution < -0.4 is 10.5 Å². The zero-order valence-electron chi connectivity index (χ0n) is 13.4. The fourth-order valence-electron chi connectivity index (χ4n) is 2.14. The first-order valence-corrected chi connectivity index (χ1v) is 10.6. The fourth-order valence-corrected chi connectivity index (χ4v) is 5.77. The maximum atomic E-state index is 12.9. The number of amidine groups is 1. The fraction of sp³-hybridized carbons (Fsp3) is 0.214. The Morgan fingerprint density at radius 3 is 2.72 bits per heavy atom. The Morgan fingerprint density at radius 2 is 2.08 bits per heavy atom. The highest BCUT2D eigenvalue weighted by atomic mass is 32.2. The number of rotatable bonds is 6. The molecule has 8 nitrogen and oxygen atoms in total. The summed E-state index contributed by atoms with van der Waals surface area (Å²) in [5.74, 6) is 0.417. The minimum absolute atomic E-state index is 0.0422. The number of nitrogens with two attached hydrogens (primary N) is 1. The van der Waals surface area contributed by atoms with E-state index < -0.39 is 10.0 Å². The zero-order chi connectivity index (χ0) is 18.2. The van der Waals surface area contributed by atoms with E-state index in [9.17, 15) is 8.42 Å². The van der Waals surface area contributed by atoms with Crippen LogP contribution in [0, 0.1) is 5.41 Å². The van der Waals surface area contributed by atoms with Crippen molar-refractivity contribution in [2.75, 3.05) is 12.9 Å². The second kappa shape index (κ2) is 6.65. The van der Waals surface area contributed by atoms with Crippen LogP contribution in [-0.4, -0.2) is 41.5 Å². The summed E-state index contributed by atoms with van der Waals surface area (Å²) in [5.41, 5.74) is 6.34. The van der Waals surface area contributed by atoms with Gasteiger partial charge in [-0.1, -0.05) is 4.20 Å². The van der Waals surface area contributed by atoms with E-state index in [1.807, 2.05) is 6.92 Å². The van der Waals surface area contributed by atoms with E-state index in [-0.39, 0.29) is 10.7 Å². The lowest BCUT2D eigenvalue weighted by Gasteiger charge is -2.01. The van der Waals surface area contributed by atoms with Crippen LogP contribution in [0.1, 0.15) is 11.8 Å². The summed E-state index contributed by atoms with van der Waals surface area (Å²) in [5, 5.41) is 15.7.